The Balaban J connectivity index is 2.08. The van der Waals surface area contributed by atoms with Crippen molar-refractivity contribution >= 4 is 22.6 Å². The third-order valence-electron chi connectivity index (χ3n) is 4.33. The third kappa shape index (κ3) is 3.68. The SMILES string of the molecule is CC(C)(C(Cc1ccc(I)cc1)NN)N1CCCC1. The van der Waals surface area contributed by atoms with Crippen molar-refractivity contribution in [3.8, 4) is 0 Å². The van der Waals surface area contributed by atoms with Crippen LogP contribution in [-0.4, -0.2) is 29.6 Å². The van der Waals surface area contributed by atoms with Crippen LogP contribution in [-0.2, 0) is 6.42 Å². The first-order valence-corrected chi connectivity index (χ1v) is 8.07. The van der Waals surface area contributed by atoms with E-state index in [1.807, 2.05) is 0 Å². The van der Waals surface area contributed by atoms with Gasteiger partial charge in [0.05, 0.1) is 0 Å². The van der Waals surface area contributed by atoms with Crippen molar-refractivity contribution in [2.24, 2.45) is 5.84 Å². The number of hydrazine groups is 1. The first kappa shape index (κ1) is 15.2. The molecule has 1 aromatic rings. The number of halogens is 1. The van der Waals surface area contributed by atoms with Crippen LogP contribution < -0.4 is 11.3 Å². The van der Waals surface area contributed by atoms with Gasteiger partial charge in [-0.2, -0.15) is 0 Å². The van der Waals surface area contributed by atoms with Gasteiger partial charge in [0.25, 0.3) is 0 Å². The molecule has 1 aliphatic heterocycles. The largest absolute Gasteiger partial charge is 0.297 e. The van der Waals surface area contributed by atoms with Crippen molar-refractivity contribution in [2.75, 3.05) is 13.1 Å². The lowest BCUT2D eigenvalue weighted by Crippen LogP contribution is -2.59. The van der Waals surface area contributed by atoms with Crippen molar-refractivity contribution in [3.63, 3.8) is 0 Å². The van der Waals surface area contributed by atoms with Gasteiger partial charge in [-0.15, -0.1) is 0 Å². The van der Waals surface area contributed by atoms with Gasteiger partial charge in [-0.1, -0.05) is 12.1 Å². The van der Waals surface area contributed by atoms with E-state index in [-0.39, 0.29) is 11.6 Å². The lowest BCUT2D eigenvalue weighted by atomic mass is 9.88. The number of nitrogens with one attached hydrogen (secondary N) is 1. The number of likely N-dealkylation sites (tertiary alicyclic amines) is 1. The topological polar surface area (TPSA) is 41.3 Å². The molecule has 4 heteroatoms. The van der Waals surface area contributed by atoms with Gasteiger partial charge in [-0.3, -0.25) is 16.2 Å². The molecule has 0 amide bonds. The molecule has 0 aromatic heterocycles. The molecule has 0 saturated carbocycles. The number of rotatable bonds is 5. The van der Waals surface area contributed by atoms with E-state index in [1.165, 1.54) is 35.1 Å². The van der Waals surface area contributed by atoms with Crippen LogP contribution >= 0.6 is 22.6 Å². The normalized spacial score (nSPS) is 18.7. The lowest BCUT2D eigenvalue weighted by molar-refractivity contribution is 0.106. The number of hydrogen-bond acceptors (Lipinski definition) is 3. The van der Waals surface area contributed by atoms with E-state index < -0.39 is 0 Å². The standard InChI is InChI=1S/C15H24IN3/c1-15(2,19-9-3-4-10-19)14(18-17)11-12-5-7-13(16)8-6-12/h5-8,14,18H,3-4,9-11,17H2,1-2H3. The van der Waals surface area contributed by atoms with Crippen LogP contribution in [0.3, 0.4) is 0 Å². The molecular formula is C15H24IN3. The highest BCUT2D eigenvalue weighted by Gasteiger charge is 2.36. The molecule has 3 nitrogen and oxygen atoms in total. The molecule has 0 aliphatic carbocycles. The molecule has 2 rings (SSSR count). The van der Waals surface area contributed by atoms with Crippen LogP contribution in [0.2, 0.25) is 0 Å². The van der Waals surface area contributed by atoms with Gasteiger partial charge in [-0.25, -0.2) is 0 Å². The first-order valence-electron chi connectivity index (χ1n) is 6.99. The Bertz CT molecular complexity index is 396. The lowest BCUT2D eigenvalue weighted by Gasteiger charge is -2.42. The molecule has 1 aliphatic rings. The van der Waals surface area contributed by atoms with Crippen molar-refractivity contribution in [3.05, 3.63) is 33.4 Å². The molecule has 1 fully saturated rings. The van der Waals surface area contributed by atoms with E-state index in [4.69, 9.17) is 5.84 Å². The smallest absolute Gasteiger partial charge is 0.0429 e. The van der Waals surface area contributed by atoms with Crippen LogP contribution in [0.5, 0.6) is 0 Å². The zero-order valence-electron chi connectivity index (χ0n) is 11.8. The summed E-state index contributed by atoms with van der Waals surface area (Å²) in [6.07, 6.45) is 3.59. The molecule has 19 heavy (non-hydrogen) atoms. The Kier molecular flexibility index (Phi) is 5.22. The number of nitrogens with zero attached hydrogens (tertiary/aromatic N) is 1. The highest BCUT2D eigenvalue weighted by Crippen LogP contribution is 2.26. The zero-order valence-corrected chi connectivity index (χ0v) is 14.0. The van der Waals surface area contributed by atoms with Crippen molar-refractivity contribution in [1.82, 2.24) is 10.3 Å². The molecule has 1 saturated heterocycles. The maximum atomic E-state index is 5.83. The minimum absolute atomic E-state index is 0.0915. The summed E-state index contributed by atoms with van der Waals surface area (Å²) in [4.78, 5) is 2.56. The van der Waals surface area contributed by atoms with E-state index >= 15 is 0 Å². The maximum Gasteiger partial charge on any atom is 0.0429 e. The molecule has 106 valence electrons. The molecule has 1 atom stereocenters. The van der Waals surface area contributed by atoms with E-state index in [2.05, 4.69) is 71.0 Å². The Hall–Kier alpha value is -0.170. The Morgan fingerprint density at radius 1 is 1.26 bits per heavy atom. The summed E-state index contributed by atoms with van der Waals surface area (Å²) >= 11 is 2.34. The van der Waals surface area contributed by atoms with Gasteiger partial charge < -0.3 is 0 Å². The van der Waals surface area contributed by atoms with Crippen molar-refractivity contribution < 1.29 is 0 Å². The van der Waals surface area contributed by atoms with Crippen LogP contribution in [0.4, 0.5) is 0 Å². The Labute approximate surface area is 130 Å². The maximum absolute atomic E-state index is 5.83. The molecular weight excluding hydrogens is 349 g/mol. The van der Waals surface area contributed by atoms with Crippen LogP contribution in [0.1, 0.15) is 32.3 Å². The van der Waals surface area contributed by atoms with Crippen molar-refractivity contribution in [2.45, 2.75) is 44.7 Å². The summed E-state index contributed by atoms with van der Waals surface area (Å²) in [6, 6.07) is 8.99. The minimum atomic E-state index is 0.0915. The van der Waals surface area contributed by atoms with Gasteiger partial charge in [0.2, 0.25) is 0 Å². The van der Waals surface area contributed by atoms with Crippen LogP contribution in [0.15, 0.2) is 24.3 Å². The second kappa shape index (κ2) is 6.52. The van der Waals surface area contributed by atoms with E-state index in [9.17, 15) is 0 Å². The Morgan fingerprint density at radius 2 is 1.84 bits per heavy atom. The summed E-state index contributed by atoms with van der Waals surface area (Å²) in [5.74, 6) is 5.83. The van der Waals surface area contributed by atoms with Crippen LogP contribution in [0.25, 0.3) is 0 Å². The van der Waals surface area contributed by atoms with Crippen molar-refractivity contribution in [1.29, 1.82) is 0 Å². The number of hydrogen-bond donors (Lipinski definition) is 2. The summed E-state index contributed by atoms with van der Waals surface area (Å²) in [5, 5.41) is 0. The fourth-order valence-electron chi connectivity index (χ4n) is 2.88. The highest BCUT2D eigenvalue weighted by molar-refractivity contribution is 14.1. The van der Waals surface area contributed by atoms with E-state index in [1.54, 1.807) is 0 Å². The first-order chi connectivity index (χ1) is 9.04. The van der Waals surface area contributed by atoms with E-state index in [0.717, 1.165) is 6.42 Å². The predicted octanol–water partition coefficient (Wildman–Crippen LogP) is 2.54. The zero-order chi connectivity index (χ0) is 13.9. The molecule has 1 heterocycles. The summed E-state index contributed by atoms with van der Waals surface area (Å²) in [6.45, 7) is 6.99. The molecule has 0 bridgehead atoms. The summed E-state index contributed by atoms with van der Waals surface area (Å²) < 4.78 is 1.28. The van der Waals surface area contributed by atoms with Gasteiger partial charge in [-0.05, 0) is 86.5 Å². The average molecular weight is 373 g/mol. The monoisotopic (exact) mass is 373 g/mol. The third-order valence-corrected chi connectivity index (χ3v) is 5.05. The second-order valence-electron chi connectivity index (χ2n) is 5.90. The van der Waals surface area contributed by atoms with Gasteiger partial charge in [0, 0.05) is 15.2 Å². The van der Waals surface area contributed by atoms with Gasteiger partial charge >= 0.3 is 0 Å². The molecule has 0 spiro atoms. The molecule has 1 aromatic carbocycles. The van der Waals surface area contributed by atoms with Gasteiger partial charge in [0.15, 0.2) is 0 Å². The van der Waals surface area contributed by atoms with E-state index in [0.29, 0.717) is 0 Å². The molecule has 3 N–H and O–H groups in total. The predicted molar refractivity (Wildman–Crippen MR) is 88.9 cm³/mol. The fourth-order valence-corrected chi connectivity index (χ4v) is 3.24. The van der Waals surface area contributed by atoms with Crippen LogP contribution in [0, 0.1) is 3.57 Å². The fraction of sp³-hybridized carbons (Fsp3) is 0.600. The average Bonchev–Trinajstić information content (AvgIpc) is 2.92. The van der Waals surface area contributed by atoms with Gasteiger partial charge in [0.1, 0.15) is 0 Å². The number of benzene rings is 1. The molecule has 1 unspecified atom stereocenters. The summed E-state index contributed by atoms with van der Waals surface area (Å²) in [5.41, 5.74) is 4.47. The minimum Gasteiger partial charge on any atom is -0.297 e. The highest BCUT2D eigenvalue weighted by atomic mass is 127. The number of nitrogens with two attached hydrogens (primary N) is 1. The molecule has 0 radical (unpaired) electrons. The Morgan fingerprint density at radius 3 is 2.37 bits per heavy atom. The quantitative estimate of drug-likeness (QED) is 0.474. The second-order valence-corrected chi connectivity index (χ2v) is 7.14. The summed E-state index contributed by atoms with van der Waals surface area (Å²) in [7, 11) is 0.